The number of rotatable bonds is 6. The molecule has 2 N–H and O–H groups in total. The molecule has 0 spiro atoms. The first kappa shape index (κ1) is 16.1. The number of amides is 1. The topological polar surface area (TPSA) is 54.0 Å². The van der Waals surface area contributed by atoms with Gasteiger partial charge in [-0.2, -0.15) is 0 Å². The fraction of sp³-hybridized carbons (Fsp3) is 0.444. The summed E-state index contributed by atoms with van der Waals surface area (Å²) >= 11 is 1.49. The van der Waals surface area contributed by atoms with Crippen LogP contribution in [-0.2, 0) is 11.2 Å². The highest BCUT2D eigenvalue weighted by atomic mass is 32.1. The van der Waals surface area contributed by atoms with Crippen molar-refractivity contribution < 1.29 is 4.79 Å². The Balaban J connectivity index is 1.54. The minimum atomic E-state index is 0.0686. The fourth-order valence-corrected chi connectivity index (χ4v) is 3.59. The minimum absolute atomic E-state index is 0.0686. The van der Waals surface area contributed by atoms with Crippen LogP contribution in [0.1, 0.15) is 31.7 Å². The van der Waals surface area contributed by atoms with Crippen molar-refractivity contribution in [3.8, 4) is 11.3 Å². The molecule has 2 aromatic rings. The highest BCUT2D eigenvalue weighted by molar-refractivity contribution is 7.14. The molecule has 0 radical (unpaired) electrons. The molecule has 23 heavy (non-hydrogen) atoms. The van der Waals surface area contributed by atoms with Crippen molar-refractivity contribution in [2.24, 2.45) is 5.92 Å². The van der Waals surface area contributed by atoms with Crippen LogP contribution in [0.2, 0.25) is 0 Å². The van der Waals surface area contributed by atoms with Gasteiger partial charge < -0.3 is 10.6 Å². The molecule has 0 aliphatic carbocycles. The van der Waals surface area contributed by atoms with Gasteiger partial charge in [0, 0.05) is 17.4 Å². The van der Waals surface area contributed by atoms with Crippen LogP contribution in [0.3, 0.4) is 0 Å². The number of hydrogen-bond donors (Lipinski definition) is 2. The molecule has 1 aliphatic heterocycles. The molecule has 5 heteroatoms. The summed E-state index contributed by atoms with van der Waals surface area (Å²) in [5.41, 5.74) is 3.34. The number of hydrogen-bond acceptors (Lipinski definition) is 4. The van der Waals surface area contributed by atoms with E-state index in [0.29, 0.717) is 17.5 Å². The molecule has 1 aromatic heterocycles. The first-order valence-corrected chi connectivity index (χ1v) is 9.18. The molecule has 1 aliphatic rings. The number of carbonyl (C=O) groups is 1. The number of nitrogens with zero attached hydrogens (tertiary/aromatic N) is 1. The van der Waals surface area contributed by atoms with Crippen LogP contribution in [0, 0.1) is 5.92 Å². The van der Waals surface area contributed by atoms with Crippen molar-refractivity contribution in [3.63, 3.8) is 0 Å². The second-order valence-corrected chi connectivity index (χ2v) is 6.89. The van der Waals surface area contributed by atoms with E-state index >= 15 is 0 Å². The lowest BCUT2D eigenvalue weighted by molar-refractivity contribution is -0.116. The van der Waals surface area contributed by atoms with Crippen molar-refractivity contribution >= 4 is 22.4 Å². The van der Waals surface area contributed by atoms with E-state index in [9.17, 15) is 4.79 Å². The van der Waals surface area contributed by atoms with Gasteiger partial charge in [0.15, 0.2) is 5.13 Å². The number of carbonyl (C=O) groups excluding carboxylic acids is 1. The fourth-order valence-electron chi connectivity index (χ4n) is 2.85. The molecule has 1 fully saturated rings. The number of anilines is 1. The van der Waals surface area contributed by atoms with E-state index < -0.39 is 0 Å². The number of aromatic nitrogens is 1. The van der Waals surface area contributed by atoms with E-state index in [0.717, 1.165) is 37.2 Å². The SMILES string of the molecule is CCc1ccc(-c2csc(NC(=O)CCC3CCNC3)n2)cc1. The standard InChI is InChI=1S/C18H23N3OS/c1-2-13-3-6-15(7-4-13)16-12-23-18(20-16)21-17(22)8-5-14-9-10-19-11-14/h3-4,6-7,12,14,19H,2,5,8-11H2,1H3,(H,20,21,22). The summed E-state index contributed by atoms with van der Waals surface area (Å²) in [5, 5.41) is 8.95. The Bertz CT molecular complexity index is 645. The normalized spacial score (nSPS) is 17.3. The Morgan fingerprint density at radius 2 is 2.22 bits per heavy atom. The number of aryl methyl sites for hydroxylation is 1. The number of nitrogens with one attached hydrogen (secondary N) is 2. The van der Waals surface area contributed by atoms with Crippen LogP contribution in [0.5, 0.6) is 0 Å². The summed E-state index contributed by atoms with van der Waals surface area (Å²) in [6, 6.07) is 8.43. The molecule has 3 rings (SSSR count). The molecule has 1 unspecified atom stereocenters. The summed E-state index contributed by atoms with van der Waals surface area (Å²) in [6.45, 7) is 4.27. The van der Waals surface area contributed by atoms with Crippen LogP contribution >= 0.6 is 11.3 Å². The van der Waals surface area contributed by atoms with E-state index in [-0.39, 0.29) is 5.91 Å². The van der Waals surface area contributed by atoms with E-state index in [1.54, 1.807) is 0 Å². The first-order chi connectivity index (χ1) is 11.2. The van der Waals surface area contributed by atoms with Crippen LogP contribution < -0.4 is 10.6 Å². The zero-order chi connectivity index (χ0) is 16.1. The van der Waals surface area contributed by atoms with Gasteiger partial charge in [0.1, 0.15) is 0 Å². The van der Waals surface area contributed by atoms with Crippen LogP contribution in [-0.4, -0.2) is 24.0 Å². The minimum Gasteiger partial charge on any atom is -0.316 e. The van der Waals surface area contributed by atoms with Crippen molar-refractivity contribution in [2.45, 2.75) is 32.6 Å². The lowest BCUT2D eigenvalue weighted by Crippen LogP contribution is -2.14. The van der Waals surface area contributed by atoms with Gasteiger partial charge in [-0.15, -0.1) is 11.3 Å². The first-order valence-electron chi connectivity index (χ1n) is 8.30. The molecule has 4 nitrogen and oxygen atoms in total. The van der Waals surface area contributed by atoms with Gasteiger partial charge >= 0.3 is 0 Å². The lowest BCUT2D eigenvalue weighted by atomic mass is 10.0. The summed E-state index contributed by atoms with van der Waals surface area (Å²) < 4.78 is 0. The maximum Gasteiger partial charge on any atom is 0.226 e. The monoisotopic (exact) mass is 329 g/mol. The average molecular weight is 329 g/mol. The third-order valence-electron chi connectivity index (χ3n) is 4.35. The van der Waals surface area contributed by atoms with E-state index in [4.69, 9.17) is 0 Å². The van der Waals surface area contributed by atoms with Gasteiger partial charge in [-0.1, -0.05) is 31.2 Å². The number of benzene rings is 1. The maximum absolute atomic E-state index is 12.0. The Kier molecular flexibility index (Phi) is 5.41. The second kappa shape index (κ2) is 7.70. The molecule has 2 heterocycles. The van der Waals surface area contributed by atoms with Crippen molar-refractivity contribution in [3.05, 3.63) is 35.2 Å². The molecule has 1 atom stereocenters. The summed E-state index contributed by atoms with van der Waals surface area (Å²) in [6.07, 6.45) is 3.75. The Morgan fingerprint density at radius 1 is 1.39 bits per heavy atom. The molecule has 0 saturated carbocycles. The summed E-state index contributed by atoms with van der Waals surface area (Å²) in [7, 11) is 0. The van der Waals surface area contributed by atoms with Gasteiger partial charge in [-0.05, 0) is 43.8 Å². The predicted octanol–water partition coefficient (Wildman–Crippen LogP) is 3.70. The van der Waals surface area contributed by atoms with E-state index in [1.807, 2.05) is 5.38 Å². The molecular formula is C18H23N3OS. The van der Waals surface area contributed by atoms with Crippen molar-refractivity contribution in [2.75, 3.05) is 18.4 Å². The third kappa shape index (κ3) is 4.39. The zero-order valence-corrected chi connectivity index (χ0v) is 14.3. The average Bonchev–Trinajstić information content (AvgIpc) is 3.25. The summed E-state index contributed by atoms with van der Waals surface area (Å²) in [5.74, 6) is 0.712. The van der Waals surface area contributed by atoms with Crippen LogP contribution in [0.4, 0.5) is 5.13 Å². The van der Waals surface area contributed by atoms with Crippen molar-refractivity contribution in [1.29, 1.82) is 0 Å². The summed E-state index contributed by atoms with van der Waals surface area (Å²) in [4.78, 5) is 16.6. The molecule has 0 bridgehead atoms. The lowest BCUT2D eigenvalue weighted by Gasteiger charge is -2.07. The van der Waals surface area contributed by atoms with Crippen LogP contribution in [0.25, 0.3) is 11.3 Å². The van der Waals surface area contributed by atoms with Crippen molar-refractivity contribution in [1.82, 2.24) is 10.3 Å². The highest BCUT2D eigenvalue weighted by Crippen LogP contribution is 2.25. The smallest absolute Gasteiger partial charge is 0.226 e. The molecule has 1 amide bonds. The highest BCUT2D eigenvalue weighted by Gasteiger charge is 2.16. The zero-order valence-electron chi connectivity index (χ0n) is 13.5. The van der Waals surface area contributed by atoms with Gasteiger partial charge in [0.05, 0.1) is 5.69 Å². The van der Waals surface area contributed by atoms with E-state index in [1.165, 1.54) is 23.3 Å². The third-order valence-corrected chi connectivity index (χ3v) is 5.11. The van der Waals surface area contributed by atoms with Gasteiger partial charge in [-0.3, -0.25) is 4.79 Å². The van der Waals surface area contributed by atoms with Crippen LogP contribution in [0.15, 0.2) is 29.6 Å². The quantitative estimate of drug-likeness (QED) is 0.849. The van der Waals surface area contributed by atoms with Gasteiger partial charge in [0.2, 0.25) is 5.91 Å². The number of thiazole rings is 1. The maximum atomic E-state index is 12.0. The molecule has 1 saturated heterocycles. The van der Waals surface area contributed by atoms with E-state index in [2.05, 4.69) is 46.8 Å². The molecule has 122 valence electrons. The second-order valence-electron chi connectivity index (χ2n) is 6.03. The van der Waals surface area contributed by atoms with Gasteiger partial charge in [-0.25, -0.2) is 4.98 Å². The Hall–Kier alpha value is -1.72. The molecule has 1 aromatic carbocycles. The predicted molar refractivity (Wildman–Crippen MR) is 95.8 cm³/mol. The van der Waals surface area contributed by atoms with Gasteiger partial charge in [0.25, 0.3) is 0 Å². The Labute approximate surface area is 141 Å². The molecular weight excluding hydrogens is 306 g/mol. The Morgan fingerprint density at radius 3 is 2.91 bits per heavy atom. The largest absolute Gasteiger partial charge is 0.316 e.